The van der Waals surface area contributed by atoms with Crippen molar-refractivity contribution in [1.82, 2.24) is 4.98 Å². The summed E-state index contributed by atoms with van der Waals surface area (Å²) in [6, 6.07) is 15.2. The van der Waals surface area contributed by atoms with Crippen LogP contribution in [0.5, 0.6) is 5.75 Å². The minimum atomic E-state index is -0.374. The number of methoxy groups -OCH3 is 2. The van der Waals surface area contributed by atoms with Crippen LogP contribution in [0.1, 0.15) is 15.9 Å². The molecule has 0 aliphatic heterocycles. The highest BCUT2D eigenvalue weighted by atomic mass is 16.5. The summed E-state index contributed by atoms with van der Waals surface area (Å²) in [6.07, 6.45) is 1.72. The van der Waals surface area contributed by atoms with Crippen LogP contribution in [-0.4, -0.2) is 25.2 Å². The molecular formula is C19H18N2O3. The van der Waals surface area contributed by atoms with Gasteiger partial charge in [-0.1, -0.05) is 24.3 Å². The molecular weight excluding hydrogens is 304 g/mol. The van der Waals surface area contributed by atoms with Crippen molar-refractivity contribution in [3.8, 4) is 5.75 Å². The van der Waals surface area contributed by atoms with Gasteiger partial charge < -0.3 is 14.8 Å². The number of benzene rings is 2. The fourth-order valence-electron chi connectivity index (χ4n) is 2.57. The lowest BCUT2D eigenvalue weighted by atomic mass is 10.1. The van der Waals surface area contributed by atoms with E-state index in [4.69, 9.17) is 9.47 Å². The number of ether oxygens (including phenoxy) is 2. The summed E-state index contributed by atoms with van der Waals surface area (Å²) in [5.74, 6) is 1.10. The Bertz CT molecular complexity index is 855. The van der Waals surface area contributed by atoms with Crippen molar-refractivity contribution in [2.24, 2.45) is 0 Å². The van der Waals surface area contributed by atoms with Gasteiger partial charge in [0.25, 0.3) is 0 Å². The third-order valence-electron chi connectivity index (χ3n) is 3.82. The number of rotatable bonds is 5. The van der Waals surface area contributed by atoms with Crippen molar-refractivity contribution in [2.75, 3.05) is 19.5 Å². The second-order valence-electron chi connectivity index (χ2n) is 5.26. The van der Waals surface area contributed by atoms with Crippen LogP contribution in [0.15, 0.2) is 54.7 Å². The maximum absolute atomic E-state index is 12.0. The summed E-state index contributed by atoms with van der Waals surface area (Å²) >= 11 is 0. The molecule has 0 atom stereocenters. The van der Waals surface area contributed by atoms with Crippen LogP contribution in [0, 0.1) is 0 Å². The molecule has 0 radical (unpaired) electrons. The molecule has 1 aromatic heterocycles. The van der Waals surface area contributed by atoms with Crippen molar-refractivity contribution in [2.45, 2.75) is 6.54 Å². The summed E-state index contributed by atoms with van der Waals surface area (Å²) in [5.41, 5.74) is 1.59. The van der Waals surface area contributed by atoms with Crippen LogP contribution >= 0.6 is 0 Å². The number of esters is 1. The SMILES string of the molecule is COC(=O)c1cccc2ccnc(NCc3ccc(OC)cc3)c12. The molecule has 0 spiro atoms. The lowest BCUT2D eigenvalue weighted by Gasteiger charge is -2.12. The molecule has 1 heterocycles. The van der Waals surface area contributed by atoms with Crippen molar-refractivity contribution < 1.29 is 14.3 Å². The Labute approximate surface area is 140 Å². The highest BCUT2D eigenvalue weighted by Crippen LogP contribution is 2.26. The molecule has 3 rings (SSSR count). The quantitative estimate of drug-likeness (QED) is 0.727. The number of pyridine rings is 1. The van der Waals surface area contributed by atoms with Crippen LogP contribution in [0.3, 0.4) is 0 Å². The van der Waals surface area contributed by atoms with Gasteiger partial charge in [0, 0.05) is 18.1 Å². The lowest BCUT2D eigenvalue weighted by molar-refractivity contribution is 0.0603. The molecule has 122 valence electrons. The Kier molecular flexibility index (Phi) is 4.61. The Morgan fingerprint density at radius 2 is 1.88 bits per heavy atom. The topological polar surface area (TPSA) is 60.5 Å². The third kappa shape index (κ3) is 3.15. The molecule has 0 amide bonds. The minimum Gasteiger partial charge on any atom is -0.497 e. The van der Waals surface area contributed by atoms with E-state index in [9.17, 15) is 4.79 Å². The standard InChI is InChI=1S/C19H18N2O3/c1-23-15-8-6-13(7-9-15)12-21-18-17-14(10-11-20-18)4-3-5-16(17)19(22)24-2/h3-11H,12H2,1-2H3,(H,20,21). The van der Waals surface area contributed by atoms with Gasteiger partial charge >= 0.3 is 5.97 Å². The first-order chi connectivity index (χ1) is 11.7. The van der Waals surface area contributed by atoms with Crippen LogP contribution in [0.2, 0.25) is 0 Å². The molecule has 5 heteroatoms. The Hall–Kier alpha value is -3.08. The van der Waals surface area contributed by atoms with Gasteiger partial charge in [0.2, 0.25) is 0 Å². The summed E-state index contributed by atoms with van der Waals surface area (Å²) in [6.45, 7) is 0.589. The number of carbonyl (C=O) groups excluding carboxylic acids is 1. The van der Waals surface area contributed by atoms with Gasteiger partial charge in [0.05, 0.1) is 19.8 Å². The zero-order valence-electron chi connectivity index (χ0n) is 13.6. The molecule has 0 aliphatic carbocycles. The van der Waals surface area contributed by atoms with Gasteiger partial charge in [0.15, 0.2) is 0 Å². The maximum atomic E-state index is 12.0. The zero-order chi connectivity index (χ0) is 16.9. The average molecular weight is 322 g/mol. The van der Waals surface area contributed by atoms with E-state index in [1.807, 2.05) is 42.5 Å². The molecule has 1 N–H and O–H groups in total. The van der Waals surface area contributed by atoms with Crippen molar-refractivity contribution in [1.29, 1.82) is 0 Å². The molecule has 0 unspecified atom stereocenters. The van der Waals surface area contributed by atoms with E-state index >= 15 is 0 Å². The Morgan fingerprint density at radius 3 is 2.58 bits per heavy atom. The number of nitrogens with one attached hydrogen (secondary N) is 1. The molecule has 0 saturated heterocycles. The van der Waals surface area contributed by atoms with E-state index in [0.717, 1.165) is 22.1 Å². The summed E-state index contributed by atoms with van der Waals surface area (Å²) in [7, 11) is 3.02. The van der Waals surface area contributed by atoms with E-state index in [1.54, 1.807) is 19.4 Å². The zero-order valence-corrected chi connectivity index (χ0v) is 13.6. The number of anilines is 1. The highest BCUT2D eigenvalue weighted by molar-refractivity contribution is 6.08. The smallest absolute Gasteiger partial charge is 0.338 e. The third-order valence-corrected chi connectivity index (χ3v) is 3.82. The highest BCUT2D eigenvalue weighted by Gasteiger charge is 2.14. The molecule has 3 aromatic rings. The minimum absolute atomic E-state index is 0.374. The predicted molar refractivity (Wildman–Crippen MR) is 93.4 cm³/mol. The monoisotopic (exact) mass is 322 g/mol. The predicted octanol–water partition coefficient (Wildman–Crippen LogP) is 3.64. The van der Waals surface area contributed by atoms with E-state index < -0.39 is 0 Å². The van der Waals surface area contributed by atoms with Gasteiger partial charge in [-0.25, -0.2) is 9.78 Å². The summed E-state index contributed by atoms with van der Waals surface area (Å²) in [5, 5.41) is 5.00. The van der Waals surface area contributed by atoms with Gasteiger partial charge in [-0.15, -0.1) is 0 Å². The maximum Gasteiger partial charge on any atom is 0.338 e. The molecule has 2 aromatic carbocycles. The van der Waals surface area contributed by atoms with Crippen LogP contribution < -0.4 is 10.1 Å². The van der Waals surface area contributed by atoms with E-state index in [-0.39, 0.29) is 5.97 Å². The number of fused-ring (bicyclic) bond motifs is 1. The molecule has 5 nitrogen and oxygen atoms in total. The first-order valence-electron chi connectivity index (χ1n) is 7.56. The molecule has 0 saturated carbocycles. The fourth-order valence-corrected chi connectivity index (χ4v) is 2.57. The lowest BCUT2D eigenvalue weighted by Crippen LogP contribution is -2.06. The number of hydrogen-bond acceptors (Lipinski definition) is 5. The molecule has 0 fully saturated rings. The molecule has 0 bridgehead atoms. The van der Waals surface area contributed by atoms with Crippen molar-refractivity contribution in [3.63, 3.8) is 0 Å². The van der Waals surface area contributed by atoms with E-state index in [1.165, 1.54) is 7.11 Å². The van der Waals surface area contributed by atoms with Crippen LogP contribution in [-0.2, 0) is 11.3 Å². The van der Waals surface area contributed by atoms with Crippen LogP contribution in [0.4, 0.5) is 5.82 Å². The van der Waals surface area contributed by atoms with E-state index in [0.29, 0.717) is 17.9 Å². The number of hydrogen-bond donors (Lipinski definition) is 1. The second-order valence-corrected chi connectivity index (χ2v) is 5.26. The van der Waals surface area contributed by atoms with Crippen molar-refractivity contribution >= 4 is 22.6 Å². The van der Waals surface area contributed by atoms with E-state index in [2.05, 4.69) is 10.3 Å². The number of nitrogens with zero attached hydrogens (tertiary/aromatic N) is 1. The molecule has 0 aliphatic rings. The summed E-state index contributed by atoms with van der Waals surface area (Å²) < 4.78 is 10.0. The first-order valence-corrected chi connectivity index (χ1v) is 7.56. The van der Waals surface area contributed by atoms with Gasteiger partial charge in [0.1, 0.15) is 11.6 Å². The summed E-state index contributed by atoms with van der Waals surface area (Å²) in [4.78, 5) is 16.4. The van der Waals surface area contributed by atoms with Gasteiger partial charge in [-0.2, -0.15) is 0 Å². The Balaban J connectivity index is 1.92. The molecule has 24 heavy (non-hydrogen) atoms. The van der Waals surface area contributed by atoms with Crippen molar-refractivity contribution in [3.05, 3.63) is 65.9 Å². The normalized spacial score (nSPS) is 10.4. The largest absolute Gasteiger partial charge is 0.497 e. The second kappa shape index (κ2) is 7.00. The van der Waals surface area contributed by atoms with Gasteiger partial charge in [-0.3, -0.25) is 0 Å². The Morgan fingerprint density at radius 1 is 1.08 bits per heavy atom. The first kappa shape index (κ1) is 15.8. The number of aromatic nitrogens is 1. The number of carbonyl (C=O) groups is 1. The average Bonchev–Trinajstić information content (AvgIpc) is 2.65. The van der Waals surface area contributed by atoms with Gasteiger partial charge in [-0.05, 0) is 35.2 Å². The fraction of sp³-hybridized carbons (Fsp3) is 0.158. The van der Waals surface area contributed by atoms with Crippen LogP contribution in [0.25, 0.3) is 10.8 Å².